The van der Waals surface area contributed by atoms with E-state index in [4.69, 9.17) is 25.8 Å². The highest BCUT2D eigenvalue weighted by molar-refractivity contribution is 6.32. The molecule has 1 amide bonds. The number of hydrogen-bond acceptors (Lipinski definition) is 5. The van der Waals surface area contributed by atoms with Crippen LogP contribution in [0.5, 0.6) is 17.2 Å². The zero-order valence-electron chi connectivity index (χ0n) is 19.2. The minimum Gasteiger partial charge on any atom is -0.493 e. The predicted molar refractivity (Wildman–Crippen MR) is 135 cm³/mol. The summed E-state index contributed by atoms with van der Waals surface area (Å²) in [7, 11) is 1.58. The SMILES string of the molecule is COc1cc(/C=C2/C(=O)N(c3ccccc3)N=C2C)ccc1OCCOc1ccc(Cl)c(C)c1. The molecule has 3 aromatic rings. The lowest BCUT2D eigenvalue weighted by Gasteiger charge is -2.13. The molecule has 1 heterocycles. The summed E-state index contributed by atoms with van der Waals surface area (Å²) in [6.45, 7) is 4.47. The molecule has 6 nitrogen and oxygen atoms in total. The number of amides is 1. The number of benzene rings is 3. The van der Waals surface area contributed by atoms with Crippen molar-refractivity contribution in [3.05, 3.63) is 88.5 Å². The van der Waals surface area contributed by atoms with Crippen molar-refractivity contribution in [2.45, 2.75) is 13.8 Å². The van der Waals surface area contributed by atoms with E-state index in [-0.39, 0.29) is 5.91 Å². The molecule has 0 unspecified atom stereocenters. The molecule has 0 bridgehead atoms. The quantitative estimate of drug-likeness (QED) is 0.299. The minimum absolute atomic E-state index is 0.169. The van der Waals surface area contributed by atoms with Crippen molar-refractivity contribution >= 4 is 35.0 Å². The number of para-hydroxylation sites is 1. The monoisotopic (exact) mass is 476 g/mol. The van der Waals surface area contributed by atoms with E-state index in [0.29, 0.717) is 41.0 Å². The summed E-state index contributed by atoms with van der Waals surface area (Å²) in [4.78, 5) is 12.9. The second kappa shape index (κ2) is 10.4. The Labute approximate surface area is 204 Å². The van der Waals surface area contributed by atoms with Crippen LogP contribution in [0.25, 0.3) is 6.08 Å². The zero-order chi connectivity index (χ0) is 24.1. The second-order valence-electron chi connectivity index (χ2n) is 7.71. The molecule has 4 rings (SSSR count). The third-order valence-corrected chi connectivity index (χ3v) is 5.73. The van der Waals surface area contributed by atoms with E-state index in [9.17, 15) is 4.79 Å². The van der Waals surface area contributed by atoms with E-state index in [1.807, 2.05) is 86.7 Å². The van der Waals surface area contributed by atoms with E-state index in [1.165, 1.54) is 5.01 Å². The number of rotatable bonds is 8. The number of nitrogens with zero attached hydrogens (tertiary/aromatic N) is 2. The highest BCUT2D eigenvalue weighted by Gasteiger charge is 2.28. The molecule has 0 N–H and O–H groups in total. The lowest BCUT2D eigenvalue weighted by molar-refractivity contribution is -0.114. The fourth-order valence-corrected chi connectivity index (χ4v) is 3.62. The summed E-state index contributed by atoms with van der Waals surface area (Å²) in [5.74, 6) is 1.73. The number of carbonyl (C=O) groups is 1. The molecular weight excluding hydrogens is 452 g/mol. The molecule has 0 saturated heterocycles. The topological polar surface area (TPSA) is 60.4 Å². The van der Waals surface area contributed by atoms with Crippen LogP contribution in [0, 0.1) is 6.92 Å². The van der Waals surface area contributed by atoms with Gasteiger partial charge in [-0.1, -0.05) is 35.9 Å². The van der Waals surface area contributed by atoms with E-state index in [0.717, 1.165) is 22.6 Å². The van der Waals surface area contributed by atoms with E-state index in [1.54, 1.807) is 7.11 Å². The number of hydrazone groups is 1. The molecule has 0 atom stereocenters. The van der Waals surface area contributed by atoms with Crippen molar-refractivity contribution in [1.29, 1.82) is 0 Å². The highest BCUT2D eigenvalue weighted by atomic mass is 35.5. The minimum atomic E-state index is -0.169. The number of anilines is 1. The van der Waals surface area contributed by atoms with Crippen LogP contribution in [-0.2, 0) is 4.79 Å². The van der Waals surface area contributed by atoms with Gasteiger partial charge in [0.1, 0.15) is 19.0 Å². The fourth-order valence-electron chi connectivity index (χ4n) is 3.51. The first-order chi connectivity index (χ1) is 16.5. The van der Waals surface area contributed by atoms with Gasteiger partial charge in [0.05, 0.1) is 24.1 Å². The van der Waals surface area contributed by atoms with Gasteiger partial charge < -0.3 is 14.2 Å². The first kappa shape index (κ1) is 23.4. The smallest absolute Gasteiger partial charge is 0.280 e. The fraction of sp³-hybridized carbons (Fsp3) is 0.185. The highest BCUT2D eigenvalue weighted by Crippen LogP contribution is 2.31. The van der Waals surface area contributed by atoms with E-state index >= 15 is 0 Å². The first-order valence-electron chi connectivity index (χ1n) is 10.8. The number of ether oxygens (including phenoxy) is 3. The molecular formula is C27H25ClN2O4. The lowest BCUT2D eigenvalue weighted by Crippen LogP contribution is -2.21. The van der Waals surface area contributed by atoms with Gasteiger partial charge in [-0.3, -0.25) is 4.79 Å². The zero-order valence-corrected chi connectivity index (χ0v) is 20.0. The van der Waals surface area contributed by atoms with Crippen LogP contribution in [0.2, 0.25) is 5.02 Å². The largest absolute Gasteiger partial charge is 0.493 e. The summed E-state index contributed by atoms with van der Waals surface area (Å²) in [6, 6.07) is 20.4. The molecule has 174 valence electrons. The van der Waals surface area contributed by atoms with Gasteiger partial charge in [-0.25, -0.2) is 0 Å². The maximum absolute atomic E-state index is 12.9. The van der Waals surface area contributed by atoms with Gasteiger partial charge in [0.2, 0.25) is 0 Å². The summed E-state index contributed by atoms with van der Waals surface area (Å²) in [6.07, 6.45) is 1.81. The Balaban J connectivity index is 1.41. The molecule has 3 aromatic carbocycles. The van der Waals surface area contributed by atoms with Crippen molar-refractivity contribution in [2.24, 2.45) is 5.10 Å². The second-order valence-corrected chi connectivity index (χ2v) is 8.12. The first-order valence-corrected chi connectivity index (χ1v) is 11.2. The third kappa shape index (κ3) is 5.24. The molecule has 0 spiro atoms. The number of methoxy groups -OCH3 is 1. The van der Waals surface area contributed by atoms with Crippen molar-refractivity contribution in [2.75, 3.05) is 25.3 Å². The molecule has 0 radical (unpaired) electrons. The van der Waals surface area contributed by atoms with Gasteiger partial charge >= 0.3 is 0 Å². The summed E-state index contributed by atoms with van der Waals surface area (Å²) in [5.41, 5.74) is 3.69. The van der Waals surface area contributed by atoms with Gasteiger partial charge in [0.25, 0.3) is 5.91 Å². The Kier molecular flexibility index (Phi) is 7.18. The van der Waals surface area contributed by atoms with E-state index < -0.39 is 0 Å². The van der Waals surface area contributed by atoms with Crippen LogP contribution < -0.4 is 19.2 Å². The van der Waals surface area contributed by atoms with Crippen LogP contribution in [0.4, 0.5) is 5.69 Å². The maximum Gasteiger partial charge on any atom is 0.280 e. The van der Waals surface area contributed by atoms with Crippen LogP contribution >= 0.6 is 11.6 Å². The molecule has 1 aliphatic heterocycles. The van der Waals surface area contributed by atoms with Gasteiger partial charge in [0.15, 0.2) is 11.5 Å². The third-order valence-electron chi connectivity index (χ3n) is 5.30. The number of carbonyl (C=O) groups excluding carboxylic acids is 1. The van der Waals surface area contributed by atoms with Crippen LogP contribution in [0.15, 0.2) is 77.4 Å². The molecule has 0 aliphatic carbocycles. The van der Waals surface area contributed by atoms with Gasteiger partial charge in [0, 0.05) is 5.02 Å². The van der Waals surface area contributed by atoms with Crippen LogP contribution in [0.1, 0.15) is 18.1 Å². The van der Waals surface area contributed by atoms with Crippen molar-refractivity contribution in [3.63, 3.8) is 0 Å². The Bertz CT molecular complexity index is 1250. The molecule has 0 fully saturated rings. The van der Waals surface area contributed by atoms with Gasteiger partial charge in [-0.2, -0.15) is 10.1 Å². The average molecular weight is 477 g/mol. The molecule has 0 aromatic heterocycles. The Morgan fingerprint density at radius 1 is 0.941 bits per heavy atom. The van der Waals surface area contributed by atoms with Gasteiger partial charge in [-0.05, 0) is 73.5 Å². The molecule has 1 aliphatic rings. The van der Waals surface area contributed by atoms with Gasteiger partial charge in [-0.15, -0.1) is 0 Å². The number of halogens is 1. The Morgan fingerprint density at radius 2 is 1.71 bits per heavy atom. The van der Waals surface area contributed by atoms with Crippen molar-refractivity contribution < 1.29 is 19.0 Å². The van der Waals surface area contributed by atoms with Crippen molar-refractivity contribution in [1.82, 2.24) is 0 Å². The van der Waals surface area contributed by atoms with Crippen molar-refractivity contribution in [3.8, 4) is 17.2 Å². The number of aryl methyl sites for hydroxylation is 1. The maximum atomic E-state index is 12.9. The molecule has 34 heavy (non-hydrogen) atoms. The lowest BCUT2D eigenvalue weighted by atomic mass is 10.1. The summed E-state index contributed by atoms with van der Waals surface area (Å²) < 4.78 is 17.1. The predicted octanol–water partition coefficient (Wildman–Crippen LogP) is 5.92. The summed E-state index contributed by atoms with van der Waals surface area (Å²) in [5, 5.41) is 6.54. The molecule has 0 saturated carbocycles. The van der Waals surface area contributed by atoms with Crippen LogP contribution in [0.3, 0.4) is 0 Å². The standard InChI is InChI=1S/C27H25ClN2O4/c1-18-15-22(10-11-24(18)28)33-13-14-34-25-12-9-20(17-26(25)32-3)16-23-19(2)29-30(27(23)31)21-7-5-4-6-8-21/h4-12,15-17H,13-14H2,1-3H3/b23-16+. The normalized spacial score (nSPS) is 14.4. The number of hydrogen-bond donors (Lipinski definition) is 0. The van der Waals surface area contributed by atoms with Crippen LogP contribution in [-0.4, -0.2) is 31.9 Å². The Hall–Kier alpha value is -3.77. The average Bonchev–Trinajstić information content (AvgIpc) is 3.13. The Morgan fingerprint density at radius 3 is 2.44 bits per heavy atom. The van der Waals surface area contributed by atoms with E-state index in [2.05, 4.69) is 5.10 Å². The summed E-state index contributed by atoms with van der Waals surface area (Å²) >= 11 is 6.05. The molecule has 7 heteroatoms.